The SMILES string of the molecule is OC1=CP1F. The summed E-state index contributed by atoms with van der Waals surface area (Å²) in [6.07, 6.45) is 0. The molecule has 1 atom stereocenters. The molecule has 0 saturated carbocycles. The minimum Gasteiger partial charge on any atom is -0.504 e. The molecule has 0 amide bonds. The highest BCUT2D eigenvalue weighted by Gasteiger charge is 2.23. The van der Waals surface area contributed by atoms with Gasteiger partial charge in [-0.15, -0.1) is 0 Å². The van der Waals surface area contributed by atoms with Crippen molar-refractivity contribution in [3.63, 3.8) is 0 Å². The first-order valence-electron chi connectivity index (χ1n) is 1.16. The molecule has 28 valence electrons. The van der Waals surface area contributed by atoms with Crippen LogP contribution in [-0.4, -0.2) is 5.11 Å². The van der Waals surface area contributed by atoms with E-state index in [0.29, 0.717) is 0 Å². The summed E-state index contributed by atoms with van der Waals surface area (Å²) in [4.78, 5) is 0. The smallest absolute Gasteiger partial charge is 0.177 e. The summed E-state index contributed by atoms with van der Waals surface area (Å²) < 4.78 is 11.2. The quantitative estimate of drug-likeness (QED) is 0.451. The second-order valence-corrected chi connectivity index (χ2v) is 2.14. The fourth-order valence-corrected chi connectivity index (χ4v) is 0.348. The lowest BCUT2D eigenvalue weighted by atomic mass is 11.2. The van der Waals surface area contributed by atoms with Gasteiger partial charge in [0.05, 0.1) is 0 Å². The maximum atomic E-state index is 11.2. The largest absolute Gasteiger partial charge is 0.504 e. The average molecular weight is 92.0 g/mol. The van der Waals surface area contributed by atoms with E-state index in [4.69, 9.17) is 5.11 Å². The third kappa shape index (κ3) is 0.404. The van der Waals surface area contributed by atoms with E-state index in [0.717, 1.165) is 0 Å². The zero-order valence-corrected chi connectivity index (χ0v) is 3.24. The summed E-state index contributed by atoms with van der Waals surface area (Å²) in [5.74, 6) is 1.20. The highest BCUT2D eigenvalue weighted by molar-refractivity contribution is 7.67. The molecule has 1 rings (SSSR count). The van der Waals surface area contributed by atoms with E-state index in [1.165, 1.54) is 5.82 Å². The average Bonchev–Trinajstić information content (AvgIpc) is 1.79. The molecule has 0 bridgehead atoms. The van der Waals surface area contributed by atoms with E-state index < -0.39 is 8.23 Å². The van der Waals surface area contributed by atoms with Crippen LogP contribution < -0.4 is 0 Å². The Kier molecular flexibility index (Phi) is 0.428. The van der Waals surface area contributed by atoms with Crippen LogP contribution in [0, 0.1) is 0 Å². The fraction of sp³-hybridized carbons (Fsp3) is 0. The first-order valence-corrected chi connectivity index (χ1v) is 2.46. The Labute approximate surface area is 30.0 Å². The molecule has 1 nitrogen and oxygen atoms in total. The molecule has 0 saturated heterocycles. The van der Waals surface area contributed by atoms with E-state index >= 15 is 0 Å². The number of halogens is 1. The van der Waals surface area contributed by atoms with Crippen molar-refractivity contribution < 1.29 is 9.30 Å². The molecule has 0 fully saturated rings. The normalized spacial score (nSPS) is 33.0. The van der Waals surface area contributed by atoms with Crippen molar-refractivity contribution in [2.45, 2.75) is 0 Å². The van der Waals surface area contributed by atoms with Crippen molar-refractivity contribution in [1.29, 1.82) is 0 Å². The van der Waals surface area contributed by atoms with Gasteiger partial charge in [-0.3, -0.25) is 0 Å². The standard InChI is InChI=1S/C2H2FOP/c3-5-1-2(5)4/h1,4H. The third-order valence-corrected chi connectivity index (χ3v) is 1.14. The molecular weight excluding hydrogens is 90.0 g/mol. The van der Waals surface area contributed by atoms with Crippen LogP contribution in [0.25, 0.3) is 0 Å². The summed E-state index contributed by atoms with van der Waals surface area (Å²) in [6.45, 7) is 0. The van der Waals surface area contributed by atoms with Crippen LogP contribution in [0.4, 0.5) is 4.20 Å². The Hall–Kier alpha value is -0.100. The Bertz CT molecular complexity index is 79.7. The lowest BCUT2D eigenvalue weighted by Crippen LogP contribution is -1.37. The van der Waals surface area contributed by atoms with Crippen LogP contribution in [0.5, 0.6) is 0 Å². The molecule has 1 N–H and O–H groups in total. The molecule has 1 heterocycles. The predicted molar refractivity (Wildman–Crippen MR) is 18.7 cm³/mol. The molecule has 3 heteroatoms. The van der Waals surface area contributed by atoms with Gasteiger partial charge in [0, 0.05) is 5.82 Å². The monoisotopic (exact) mass is 92.0 g/mol. The van der Waals surface area contributed by atoms with E-state index in [9.17, 15) is 4.20 Å². The van der Waals surface area contributed by atoms with Gasteiger partial charge < -0.3 is 5.11 Å². The molecule has 0 aromatic rings. The number of aliphatic hydroxyl groups excluding tert-OH is 1. The zero-order chi connectivity index (χ0) is 3.86. The van der Waals surface area contributed by atoms with Gasteiger partial charge in [0.25, 0.3) is 0 Å². The van der Waals surface area contributed by atoms with Gasteiger partial charge in [-0.05, 0) is 0 Å². The highest BCUT2D eigenvalue weighted by Crippen LogP contribution is 2.60. The van der Waals surface area contributed by atoms with Crippen LogP contribution in [0.15, 0.2) is 11.3 Å². The summed E-state index contributed by atoms with van der Waals surface area (Å²) >= 11 is 0. The highest BCUT2D eigenvalue weighted by atomic mass is 31.2. The Morgan fingerprint density at radius 2 is 2.20 bits per heavy atom. The van der Waals surface area contributed by atoms with Crippen molar-refractivity contribution in [3.8, 4) is 0 Å². The summed E-state index contributed by atoms with van der Waals surface area (Å²) in [5, 5.41) is 7.95. The number of hydrogen-bond acceptors (Lipinski definition) is 1. The first kappa shape index (κ1) is 3.10. The second-order valence-electron chi connectivity index (χ2n) is 0.799. The van der Waals surface area contributed by atoms with Gasteiger partial charge in [-0.25, -0.2) is 4.20 Å². The maximum absolute atomic E-state index is 11.2. The number of rotatable bonds is 0. The zero-order valence-electron chi connectivity index (χ0n) is 2.35. The summed E-state index contributed by atoms with van der Waals surface area (Å²) in [5.41, 5.74) is -0.0556. The van der Waals surface area contributed by atoms with Gasteiger partial charge >= 0.3 is 0 Å². The van der Waals surface area contributed by atoms with Crippen molar-refractivity contribution in [3.05, 3.63) is 11.3 Å². The molecule has 0 radical (unpaired) electrons. The van der Waals surface area contributed by atoms with Crippen molar-refractivity contribution in [1.82, 2.24) is 0 Å². The van der Waals surface area contributed by atoms with Crippen LogP contribution >= 0.6 is 8.23 Å². The first-order chi connectivity index (χ1) is 2.30. The molecule has 0 aromatic heterocycles. The van der Waals surface area contributed by atoms with Gasteiger partial charge in [0.1, 0.15) is 0 Å². The van der Waals surface area contributed by atoms with Gasteiger partial charge in [0.2, 0.25) is 0 Å². The molecule has 0 aromatic carbocycles. The van der Waals surface area contributed by atoms with Crippen LogP contribution in [0.3, 0.4) is 0 Å². The van der Waals surface area contributed by atoms with Crippen LogP contribution in [0.1, 0.15) is 0 Å². The minimum atomic E-state index is -1.58. The molecule has 1 aliphatic rings. The van der Waals surface area contributed by atoms with Crippen molar-refractivity contribution in [2.24, 2.45) is 0 Å². The van der Waals surface area contributed by atoms with Crippen LogP contribution in [-0.2, 0) is 0 Å². The van der Waals surface area contributed by atoms with Crippen LogP contribution in [0.2, 0.25) is 0 Å². The van der Waals surface area contributed by atoms with Gasteiger partial charge in [0.15, 0.2) is 13.7 Å². The predicted octanol–water partition coefficient (Wildman–Crippen LogP) is 1.72. The second kappa shape index (κ2) is 0.689. The molecular formula is C2H2FOP. The Morgan fingerprint density at radius 1 is 2.00 bits per heavy atom. The number of aliphatic hydroxyl groups is 1. The molecule has 1 aliphatic heterocycles. The van der Waals surface area contributed by atoms with Crippen molar-refractivity contribution >= 4 is 8.23 Å². The van der Waals surface area contributed by atoms with Crippen molar-refractivity contribution in [2.75, 3.05) is 0 Å². The van der Waals surface area contributed by atoms with E-state index in [2.05, 4.69) is 0 Å². The Balaban J connectivity index is 2.38. The topological polar surface area (TPSA) is 20.2 Å². The lowest BCUT2D eigenvalue weighted by Gasteiger charge is -1.65. The molecule has 5 heavy (non-hydrogen) atoms. The Morgan fingerprint density at radius 3 is 2.20 bits per heavy atom. The van der Waals surface area contributed by atoms with E-state index in [1.54, 1.807) is 0 Å². The molecule has 0 spiro atoms. The van der Waals surface area contributed by atoms with E-state index in [1.807, 2.05) is 0 Å². The van der Waals surface area contributed by atoms with E-state index in [-0.39, 0.29) is 5.50 Å². The molecule has 1 unspecified atom stereocenters. The summed E-state index contributed by atoms with van der Waals surface area (Å²) in [6, 6.07) is 0. The minimum absolute atomic E-state index is 0.0556. The molecule has 0 aliphatic carbocycles. The maximum Gasteiger partial charge on any atom is 0.177 e. The fourth-order valence-electron chi connectivity index (χ4n) is 0.0725. The third-order valence-electron chi connectivity index (χ3n) is 0.380. The van der Waals surface area contributed by atoms with Gasteiger partial charge in [-0.2, -0.15) is 0 Å². The number of hydrogen-bond donors (Lipinski definition) is 1. The lowest BCUT2D eigenvalue weighted by molar-refractivity contribution is 0.461. The summed E-state index contributed by atoms with van der Waals surface area (Å²) in [7, 11) is -1.58. The van der Waals surface area contributed by atoms with Gasteiger partial charge in [-0.1, -0.05) is 0 Å².